The van der Waals surface area contributed by atoms with Crippen molar-refractivity contribution >= 4 is 41.5 Å². The van der Waals surface area contributed by atoms with Crippen LogP contribution in [0.1, 0.15) is 37.7 Å². The van der Waals surface area contributed by atoms with Gasteiger partial charge in [-0.25, -0.2) is 8.78 Å². The third-order valence-electron chi connectivity index (χ3n) is 9.05. The summed E-state index contributed by atoms with van der Waals surface area (Å²) in [6.45, 7) is 2.69. The van der Waals surface area contributed by atoms with Crippen molar-refractivity contribution in [1.82, 2.24) is 25.2 Å². The van der Waals surface area contributed by atoms with E-state index >= 15 is 4.39 Å². The third-order valence-corrected chi connectivity index (χ3v) is 9.05. The van der Waals surface area contributed by atoms with E-state index in [9.17, 15) is 17.6 Å². The van der Waals surface area contributed by atoms with E-state index < -0.39 is 30.1 Å². The number of nitrogens with one attached hydrogen (secondary N) is 1. The lowest BCUT2D eigenvalue weighted by molar-refractivity contribution is -0.127. The van der Waals surface area contributed by atoms with Crippen molar-refractivity contribution in [2.45, 2.75) is 68.5 Å². The molecule has 7 nitrogen and oxygen atoms in total. The van der Waals surface area contributed by atoms with Gasteiger partial charge < -0.3 is 15.0 Å². The number of halogens is 7. The van der Waals surface area contributed by atoms with Gasteiger partial charge in [0.2, 0.25) is 0 Å². The molecule has 4 fully saturated rings. The van der Waals surface area contributed by atoms with Crippen LogP contribution in [0.3, 0.4) is 0 Å². The molecule has 0 amide bonds. The summed E-state index contributed by atoms with van der Waals surface area (Å²) in [5.74, 6) is -0.338. The van der Waals surface area contributed by atoms with Crippen LogP contribution < -0.4 is 15.0 Å². The van der Waals surface area contributed by atoms with Crippen molar-refractivity contribution in [2.75, 3.05) is 37.7 Å². The SMILES string of the molecule is Cl.Cl.Fc1c(-c2ccccc2CC(F)(F)F)ncc2c(N3C[C@H]4CC[C@@H](C3)N4)nc(OCC34CCCN3CC(F)C4)nc12. The van der Waals surface area contributed by atoms with Crippen molar-refractivity contribution in [3.63, 3.8) is 0 Å². The number of hydrogen-bond acceptors (Lipinski definition) is 7. The zero-order valence-electron chi connectivity index (χ0n) is 23.2. The predicted octanol–water partition coefficient (Wildman–Crippen LogP) is 5.68. The van der Waals surface area contributed by atoms with Crippen LogP contribution in [0.25, 0.3) is 22.2 Å². The summed E-state index contributed by atoms with van der Waals surface area (Å²) in [6, 6.07) is 6.35. The molecule has 0 spiro atoms. The maximum atomic E-state index is 16.3. The molecule has 3 aromatic rings. The Morgan fingerprint density at radius 2 is 1.79 bits per heavy atom. The van der Waals surface area contributed by atoms with Gasteiger partial charge >= 0.3 is 12.2 Å². The largest absolute Gasteiger partial charge is 0.461 e. The first-order valence-corrected chi connectivity index (χ1v) is 14.2. The molecule has 234 valence electrons. The van der Waals surface area contributed by atoms with E-state index in [-0.39, 0.29) is 71.9 Å². The van der Waals surface area contributed by atoms with E-state index in [0.29, 0.717) is 37.3 Å². The van der Waals surface area contributed by atoms with Gasteiger partial charge in [0.25, 0.3) is 0 Å². The number of piperazine rings is 1. The Balaban J connectivity index is 0.00000184. The van der Waals surface area contributed by atoms with E-state index in [4.69, 9.17) is 9.72 Å². The second-order valence-electron chi connectivity index (χ2n) is 11.9. The number of rotatable bonds is 6. The van der Waals surface area contributed by atoms with Gasteiger partial charge in [0, 0.05) is 49.9 Å². The molecule has 0 aliphatic carbocycles. The third kappa shape index (κ3) is 6.08. The van der Waals surface area contributed by atoms with Crippen LogP contribution in [-0.2, 0) is 6.42 Å². The molecule has 43 heavy (non-hydrogen) atoms. The zero-order chi connectivity index (χ0) is 28.4. The second-order valence-corrected chi connectivity index (χ2v) is 11.9. The average Bonchev–Trinajstić information content (AvgIpc) is 3.57. The van der Waals surface area contributed by atoms with Gasteiger partial charge in [-0.1, -0.05) is 24.3 Å². The van der Waals surface area contributed by atoms with Crippen LogP contribution >= 0.6 is 24.8 Å². The van der Waals surface area contributed by atoms with Crippen LogP contribution in [0.5, 0.6) is 6.01 Å². The minimum atomic E-state index is -4.46. The molecule has 1 aromatic carbocycles. The van der Waals surface area contributed by atoms with E-state index in [2.05, 4.69) is 25.1 Å². The second kappa shape index (κ2) is 12.1. The Labute approximate surface area is 258 Å². The van der Waals surface area contributed by atoms with Gasteiger partial charge in [-0.05, 0) is 37.8 Å². The fourth-order valence-electron chi connectivity index (χ4n) is 7.25. The summed E-state index contributed by atoms with van der Waals surface area (Å²) in [5, 5.41) is 3.94. The Morgan fingerprint density at radius 1 is 1.05 bits per heavy atom. The summed E-state index contributed by atoms with van der Waals surface area (Å²) >= 11 is 0. The lowest BCUT2D eigenvalue weighted by atomic mass is 9.95. The summed E-state index contributed by atoms with van der Waals surface area (Å²) in [4.78, 5) is 17.7. The topological polar surface area (TPSA) is 66.4 Å². The Morgan fingerprint density at radius 3 is 2.53 bits per heavy atom. The first kappa shape index (κ1) is 31.9. The average molecular weight is 648 g/mol. The van der Waals surface area contributed by atoms with Gasteiger partial charge in [-0.3, -0.25) is 9.88 Å². The maximum Gasteiger partial charge on any atom is 0.393 e. The molecule has 4 atom stereocenters. The minimum Gasteiger partial charge on any atom is -0.461 e. The highest BCUT2D eigenvalue weighted by Crippen LogP contribution is 2.41. The number of aromatic nitrogens is 3. The molecule has 2 bridgehead atoms. The first-order valence-electron chi connectivity index (χ1n) is 14.2. The molecule has 7 rings (SSSR count). The van der Waals surface area contributed by atoms with Gasteiger partial charge in [0.15, 0.2) is 5.82 Å². The summed E-state index contributed by atoms with van der Waals surface area (Å²) in [7, 11) is 0. The Kier molecular flexibility index (Phi) is 8.97. The molecular formula is C29H33Cl2F5N6O. The molecule has 14 heteroatoms. The predicted molar refractivity (Wildman–Crippen MR) is 158 cm³/mol. The normalized spacial score (nSPS) is 26.7. The number of nitrogens with zero attached hydrogens (tertiary/aromatic N) is 5. The highest BCUT2D eigenvalue weighted by Gasteiger charge is 2.49. The molecule has 2 unspecified atom stereocenters. The van der Waals surface area contributed by atoms with Crippen molar-refractivity contribution in [3.05, 3.63) is 41.8 Å². The van der Waals surface area contributed by atoms with Crippen molar-refractivity contribution in [3.8, 4) is 17.3 Å². The number of pyridine rings is 1. The Hall–Kier alpha value is -2.54. The lowest BCUT2D eigenvalue weighted by Crippen LogP contribution is -2.51. The highest BCUT2D eigenvalue weighted by atomic mass is 35.5. The van der Waals surface area contributed by atoms with E-state index in [0.717, 1.165) is 32.2 Å². The van der Waals surface area contributed by atoms with Crippen LogP contribution in [0.2, 0.25) is 0 Å². The monoisotopic (exact) mass is 646 g/mol. The number of alkyl halides is 4. The molecule has 4 saturated heterocycles. The summed E-state index contributed by atoms with van der Waals surface area (Å²) < 4.78 is 76.7. The molecule has 4 aliphatic rings. The number of anilines is 1. The maximum absolute atomic E-state index is 16.3. The standard InChI is InChI=1S/C29H31F5N6O.2ClH/c30-18-11-28(8-3-9-40(28)13-18)16-41-27-37-25-22(26(38-27)39-14-19-6-7-20(15-39)36-19)12-35-24(23(25)31)21-5-2-1-4-17(21)10-29(32,33)34;;/h1-2,4-5,12,18-20,36H,3,6-11,13-16H2;2*1H/t18?,19-,20+,28?;;. The van der Waals surface area contributed by atoms with Gasteiger partial charge in [0.05, 0.1) is 17.3 Å². The van der Waals surface area contributed by atoms with E-state index in [1.54, 1.807) is 6.07 Å². The van der Waals surface area contributed by atoms with Gasteiger partial charge in [0.1, 0.15) is 29.8 Å². The highest BCUT2D eigenvalue weighted by molar-refractivity contribution is 5.92. The fraction of sp³-hybridized carbons (Fsp3) is 0.552. The van der Waals surface area contributed by atoms with Crippen LogP contribution in [0.15, 0.2) is 30.5 Å². The van der Waals surface area contributed by atoms with Crippen LogP contribution in [0.4, 0.5) is 27.8 Å². The zero-order valence-corrected chi connectivity index (χ0v) is 24.9. The molecule has 1 N–H and O–H groups in total. The molecule has 0 radical (unpaired) electrons. The Bertz CT molecular complexity index is 1470. The summed E-state index contributed by atoms with van der Waals surface area (Å²) in [5.41, 5.74) is -0.710. The first-order chi connectivity index (χ1) is 19.7. The minimum absolute atomic E-state index is 0. The molecule has 6 heterocycles. The number of ether oxygens (including phenoxy) is 1. The van der Waals surface area contributed by atoms with Crippen LogP contribution in [0, 0.1) is 5.82 Å². The van der Waals surface area contributed by atoms with Crippen LogP contribution in [-0.4, -0.2) is 82.6 Å². The van der Waals surface area contributed by atoms with Crippen molar-refractivity contribution in [1.29, 1.82) is 0 Å². The molecule has 4 aliphatic heterocycles. The number of benzene rings is 1. The van der Waals surface area contributed by atoms with Crippen molar-refractivity contribution < 1.29 is 26.7 Å². The quantitative estimate of drug-likeness (QED) is 0.346. The van der Waals surface area contributed by atoms with Gasteiger partial charge in [-0.2, -0.15) is 23.1 Å². The van der Waals surface area contributed by atoms with Gasteiger partial charge in [-0.15, -0.1) is 24.8 Å². The molecule has 2 aromatic heterocycles. The number of hydrogen-bond donors (Lipinski definition) is 1. The molecular weight excluding hydrogens is 614 g/mol. The van der Waals surface area contributed by atoms with E-state index in [1.807, 2.05) is 0 Å². The van der Waals surface area contributed by atoms with Crippen molar-refractivity contribution in [2.24, 2.45) is 0 Å². The fourth-order valence-corrected chi connectivity index (χ4v) is 7.25. The molecule has 0 saturated carbocycles. The van der Waals surface area contributed by atoms with E-state index in [1.165, 1.54) is 24.4 Å². The summed E-state index contributed by atoms with van der Waals surface area (Å²) in [6.07, 6.45) is -0.969. The smallest absolute Gasteiger partial charge is 0.393 e. The lowest BCUT2D eigenvalue weighted by Gasteiger charge is -2.34. The number of fused-ring (bicyclic) bond motifs is 4.